The number of carbonyl (C=O) groups is 2. The third kappa shape index (κ3) is 4.43. The predicted octanol–water partition coefficient (Wildman–Crippen LogP) is 3.26. The molecule has 2 amide bonds. The molecule has 0 radical (unpaired) electrons. The minimum absolute atomic E-state index is 0.183. The van der Waals surface area contributed by atoms with Gasteiger partial charge >= 0.3 is 0 Å². The van der Waals surface area contributed by atoms with E-state index < -0.39 is 0 Å². The maximum atomic E-state index is 12.4. The number of hydrogen-bond donors (Lipinski definition) is 1. The van der Waals surface area contributed by atoms with Gasteiger partial charge in [0, 0.05) is 24.1 Å². The van der Waals surface area contributed by atoms with Crippen molar-refractivity contribution in [2.45, 2.75) is 26.2 Å². The van der Waals surface area contributed by atoms with Crippen LogP contribution in [0.2, 0.25) is 0 Å². The first-order valence-electron chi connectivity index (χ1n) is 9.78. The Morgan fingerprint density at radius 2 is 1.87 bits per heavy atom. The molecule has 2 heterocycles. The van der Waals surface area contributed by atoms with Gasteiger partial charge in [0.05, 0.1) is 0 Å². The van der Waals surface area contributed by atoms with Gasteiger partial charge in [-0.3, -0.25) is 9.59 Å². The first-order chi connectivity index (χ1) is 14.6. The van der Waals surface area contributed by atoms with E-state index in [2.05, 4.69) is 27.5 Å². The van der Waals surface area contributed by atoms with Crippen molar-refractivity contribution in [2.75, 3.05) is 11.9 Å². The standard InChI is InChI=1S/C22H21N5O3/c1-2-15-8-10-17(11-9-15)23-19(28)14-27-20(29)13-12-18(25-27)22-24-21(26-30-22)16-6-4-3-5-7-16/h3-11H,2,12-14H2,1H3,(H,23,28). The average molecular weight is 403 g/mol. The largest absolute Gasteiger partial charge is 0.332 e. The topological polar surface area (TPSA) is 101 Å². The zero-order chi connectivity index (χ0) is 20.9. The summed E-state index contributed by atoms with van der Waals surface area (Å²) in [5.74, 6) is 0.151. The number of benzene rings is 2. The van der Waals surface area contributed by atoms with Crippen molar-refractivity contribution in [3.8, 4) is 11.4 Å². The van der Waals surface area contributed by atoms with Gasteiger partial charge in [-0.15, -0.1) is 0 Å². The molecular formula is C22H21N5O3. The number of hydrogen-bond acceptors (Lipinski definition) is 6. The lowest BCUT2D eigenvalue weighted by Crippen LogP contribution is -2.38. The van der Waals surface area contributed by atoms with Gasteiger partial charge in [-0.1, -0.05) is 54.5 Å². The number of nitrogens with zero attached hydrogens (tertiary/aromatic N) is 4. The minimum Gasteiger partial charge on any atom is -0.332 e. The van der Waals surface area contributed by atoms with Crippen molar-refractivity contribution < 1.29 is 14.1 Å². The Bertz CT molecular complexity index is 1070. The lowest BCUT2D eigenvalue weighted by atomic mass is 10.1. The molecule has 3 aromatic rings. The van der Waals surface area contributed by atoms with E-state index >= 15 is 0 Å². The average Bonchev–Trinajstić information content (AvgIpc) is 3.27. The normalized spacial score (nSPS) is 13.8. The van der Waals surface area contributed by atoms with Crippen molar-refractivity contribution in [3.05, 3.63) is 66.1 Å². The highest BCUT2D eigenvalue weighted by Gasteiger charge is 2.26. The second-order valence-corrected chi connectivity index (χ2v) is 6.89. The Balaban J connectivity index is 1.45. The summed E-state index contributed by atoms with van der Waals surface area (Å²) in [5.41, 5.74) is 3.17. The van der Waals surface area contributed by atoms with Crippen molar-refractivity contribution in [1.82, 2.24) is 15.1 Å². The van der Waals surface area contributed by atoms with Crippen LogP contribution in [-0.2, 0) is 16.0 Å². The van der Waals surface area contributed by atoms with Crippen molar-refractivity contribution in [2.24, 2.45) is 5.10 Å². The number of hydrazone groups is 1. The Morgan fingerprint density at radius 3 is 2.60 bits per heavy atom. The maximum absolute atomic E-state index is 12.4. The van der Waals surface area contributed by atoms with Crippen LogP contribution in [0.1, 0.15) is 31.2 Å². The molecule has 0 spiro atoms. The molecule has 1 aliphatic heterocycles. The van der Waals surface area contributed by atoms with Crippen LogP contribution in [0.15, 0.2) is 64.2 Å². The van der Waals surface area contributed by atoms with Gasteiger partial charge in [0.25, 0.3) is 5.89 Å². The van der Waals surface area contributed by atoms with E-state index in [1.54, 1.807) is 0 Å². The molecule has 30 heavy (non-hydrogen) atoms. The smallest absolute Gasteiger partial charge is 0.274 e. The summed E-state index contributed by atoms with van der Waals surface area (Å²) in [6.45, 7) is 1.88. The van der Waals surface area contributed by atoms with E-state index in [1.165, 1.54) is 5.56 Å². The molecule has 0 saturated heterocycles. The zero-order valence-electron chi connectivity index (χ0n) is 16.5. The Hall–Kier alpha value is -3.81. The molecule has 2 aromatic carbocycles. The third-order valence-corrected chi connectivity index (χ3v) is 4.75. The summed E-state index contributed by atoms with van der Waals surface area (Å²) in [7, 11) is 0. The highest BCUT2D eigenvalue weighted by atomic mass is 16.5. The van der Waals surface area contributed by atoms with Crippen LogP contribution < -0.4 is 5.32 Å². The van der Waals surface area contributed by atoms with E-state index in [0.29, 0.717) is 23.6 Å². The first-order valence-corrected chi connectivity index (χ1v) is 9.78. The van der Waals surface area contributed by atoms with Crippen LogP contribution in [0.4, 0.5) is 5.69 Å². The Labute approximate surface area is 173 Å². The van der Waals surface area contributed by atoms with E-state index in [-0.39, 0.29) is 30.7 Å². The number of nitrogens with one attached hydrogen (secondary N) is 1. The number of aromatic nitrogens is 2. The van der Waals surface area contributed by atoms with Gasteiger partial charge in [0.15, 0.2) is 0 Å². The fraction of sp³-hybridized carbons (Fsp3) is 0.227. The summed E-state index contributed by atoms with van der Waals surface area (Å²) in [6, 6.07) is 17.0. The molecular weight excluding hydrogens is 382 g/mol. The third-order valence-electron chi connectivity index (χ3n) is 4.75. The molecule has 152 valence electrons. The highest BCUT2D eigenvalue weighted by molar-refractivity contribution is 6.02. The van der Waals surface area contributed by atoms with Crippen molar-refractivity contribution in [3.63, 3.8) is 0 Å². The van der Waals surface area contributed by atoms with Gasteiger partial charge in [0.1, 0.15) is 12.3 Å². The fourth-order valence-corrected chi connectivity index (χ4v) is 3.08. The van der Waals surface area contributed by atoms with Gasteiger partial charge in [0.2, 0.25) is 17.6 Å². The highest BCUT2D eigenvalue weighted by Crippen LogP contribution is 2.19. The molecule has 8 heteroatoms. The number of amides is 2. The molecule has 4 rings (SSSR count). The van der Waals surface area contributed by atoms with E-state index in [1.807, 2.05) is 54.6 Å². The first kappa shape index (κ1) is 19.5. The van der Waals surface area contributed by atoms with Crippen LogP contribution >= 0.6 is 0 Å². The minimum atomic E-state index is -0.326. The van der Waals surface area contributed by atoms with Gasteiger partial charge < -0.3 is 9.84 Å². The Morgan fingerprint density at radius 1 is 1.10 bits per heavy atom. The number of carbonyl (C=O) groups excluding carboxylic acids is 2. The van der Waals surface area contributed by atoms with Gasteiger partial charge in [-0.2, -0.15) is 10.1 Å². The molecule has 0 atom stereocenters. The van der Waals surface area contributed by atoms with Crippen LogP contribution in [0.25, 0.3) is 11.4 Å². The monoisotopic (exact) mass is 403 g/mol. The molecule has 0 bridgehead atoms. The summed E-state index contributed by atoms with van der Waals surface area (Å²) < 4.78 is 5.33. The molecule has 1 aliphatic rings. The summed E-state index contributed by atoms with van der Waals surface area (Å²) in [4.78, 5) is 29.0. The van der Waals surface area contributed by atoms with E-state index in [0.717, 1.165) is 17.0 Å². The van der Waals surface area contributed by atoms with Crippen molar-refractivity contribution >= 4 is 23.2 Å². The Kier molecular flexibility index (Phi) is 5.65. The number of aryl methyl sites for hydroxylation is 1. The molecule has 0 fully saturated rings. The fourth-order valence-electron chi connectivity index (χ4n) is 3.08. The molecule has 8 nitrogen and oxygen atoms in total. The van der Waals surface area contributed by atoms with E-state index in [9.17, 15) is 9.59 Å². The van der Waals surface area contributed by atoms with E-state index in [4.69, 9.17) is 4.52 Å². The van der Waals surface area contributed by atoms with Crippen LogP contribution in [0.3, 0.4) is 0 Å². The second kappa shape index (κ2) is 8.69. The van der Waals surface area contributed by atoms with Gasteiger partial charge in [-0.05, 0) is 24.1 Å². The van der Waals surface area contributed by atoms with Gasteiger partial charge in [-0.25, -0.2) is 5.01 Å². The molecule has 0 saturated carbocycles. The number of anilines is 1. The summed E-state index contributed by atoms with van der Waals surface area (Å²) in [5, 5.41) is 12.2. The second-order valence-electron chi connectivity index (χ2n) is 6.89. The quantitative estimate of drug-likeness (QED) is 0.681. The SMILES string of the molecule is CCc1ccc(NC(=O)CN2N=C(c3nc(-c4ccccc4)no3)CCC2=O)cc1. The van der Waals surface area contributed by atoms with Crippen LogP contribution in [-0.4, -0.2) is 39.2 Å². The molecule has 1 N–H and O–H groups in total. The molecule has 0 unspecified atom stereocenters. The van der Waals surface area contributed by atoms with Crippen molar-refractivity contribution in [1.29, 1.82) is 0 Å². The molecule has 0 aliphatic carbocycles. The summed E-state index contributed by atoms with van der Waals surface area (Å²) in [6.07, 6.45) is 1.53. The lowest BCUT2D eigenvalue weighted by Gasteiger charge is -2.21. The van der Waals surface area contributed by atoms with Crippen LogP contribution in [0, 0.1) is 0 Å². The molecule has 1 aromatic heterocycles. The van der Waals surface area contributed by atoms with Crippen LogP contribution in [0.5, 0.6) is 0 Å². The number of rotatable bonds is 6. The predicted molar refractivity (Wildman–Crippen MR) is 112 cm³/mol. The lowest BCUT2D eigenvalue weighted by molar-refractivity contribution is -0.135. The maximum Gasteiger partial charge on any atom is 0.274 e. The summed E-state index contributed by atoms with van der Waals surface area (Å²) >= 11 is 0. The zero-order valence-corrected chi connectivity index (χ0v) is 16.5.